The quantitative estimate of drug-likeness (QED) is 0.522. The number of esters is 1. The fourth-order valence-corrected chi connectivity index (χ4v) is 1.68. The van der Waals surface area contributed by atoms with Gasteiger partial charge in [-0.2, -0.15) is 0 Å². The Labute approximate surface area is 115 Å². The predicted molar refractivity (Wildman–Crippen MR) is 75.2 cm³/mol. The van der Waals surface area contributed by atoms with Gasteiger partial charge >= 0.3 is 5.97 Å². The molecule has 0 radical (unpaired) electrons. The fourth-order valence-electron chi connectivity index (χ4n) is 1.68. The second-order valence-corrected chi connectivity index (χ2v) is 5.11. The van der Waals surface area contributed by atoms with Gasteiger partial charge in [-0.1, -0.05) is 13.8 Å². The summed E-state index contributed by atoms with van der Waals surface area (Å²) in [5, 5.41) is 3.42. The summed E-state index contributed by atoms with van der Waals surface area (Å²) in [5.74, 6) is 0.656. The van der Waals surface area contributed by atoms with Crippen molar-refractivity contribution in [3.63, 3.8) is 0 Å². The normalized spacial score (nSPS) is 10.9. The number of unbranched alkanes of at least 4 members (excludes halogenated alkanes) is 2. The van der Waals surface area contributed by atoms with Crippen molar-refractivity contribution in [1.29, 1.82) is 0 Å². The molecule has 1 heterocycles. The first-order valence-corrected chi connectivity index (χ1v) is 7.11. The largest absolute Gasteiger partial charge is 0.460 e. The molecule has 1 rings (SSSR count). The maximum Gasteiger partial charge on any atom is 0.374 e. The van der Waals surface area contributed by atoms with E-state index in [9.17, 15) is 4.79 Å². The van der Waals surface area contributed by atoms with Gasteiger partial charge in [-0.15, -0.1) is 0 Å². The number of carbonyl (C=O) groups excluding carboxylic acids is 1. The van der Waals surface area contributed by atoms with Crippen molar-refractivity contribution in [3.05, 3.63) is 24.2 Å². The highest BCUT2D eigenvalue weighted by molar-refractivity contribution is 5.86. The molecular weight excluding hydrogens is 242 g/mol. The lowest BCUT2D eigenvalue weighted by atomic mass is 10.1. The van der Waals surface area contributed by atoms with E-state index in [1.54, 1.807) is 12.1 Å². The Kier molecular flexibility index (Phi) is 7.98. The van der Waals surface area contributed by atoms with Gasteiger partial charge in [-0.3, -0.25) is 0 Å². The molecule has 0 saturated heterocycles. The number of hydrogen-bond donors (Lipinski definition) is 1. The molecule has 0 amide bonds. The second-order valence-electron chi connectivity index (χ2n) is 5.11. The molecule has 0 unspecified atom stereocenters. The standard InChI is InChI=1S/C15H25NO3/c1-13(2)8-10-16-9-4-3-5-11-19-15(17)14-7-6-12-18-14/h6-7,12-13,16H,3-5,8-11H2,1-2H3. The third kappa shape index (κ3) is 7.67. The Morgan fingerprint density at radius 2 is 2.16 bits per heavy atom. The molecule has 0 spiro atoms. The summed E-state index contributed by atoms with van der Waals surface area (Å²) in [5.41, 5.74) is 0. The maximum absolute atomic E-state index is 11.4. The zero-order valence-corrected chi connectivity index (χ0v) is 12.0. The number of rotatable bonds is 10. The van der Waals surface area contributed by atoms with Gasteiger partial charge in [0, 0.05) is 0 Å². The zero-order chi connectivity index (χ0) is 13.9. The number of hydrogen-bond acceptors (Lipinski definition) is 4. The van der Waals surface area contributed by atoms with Crippen molar-refractivity contribution in [2.75, 3.05) is 19.7 Å². The van der Waals surface area contributed by atoms with Crippen molar-refractivity contribution < 1.29 is 13.9 Å². The molecule has 0 aromatic carbocycles. The van der Waals surface area contributed by atoms with Crippen molar-refractivity contribution in [2.45, 2.75) is 39.5 Å². The van der Waals surface area contributed by atoms with Crippen LogP contribution in [0.2, 0.25) is 0 Å². The van der Waals surface area contributed by atoms with Gasteiger partial charge in [0.1, 0.15) is 0 Å². The summed E-state index contributed by atoms with van der Waals surface area (Å²) in [4.78, 5) is 11.4. The second kappa shape index (κ2) is 9.62. The summed E-state index contributed by atoms with van der Waals surface area (Å²) in [7, 11) is 0. The molecule has 108 valence electrons. The molecule has 0 atom stereocenters. The fraction of sp³-hybridized carbons (Fsp3) is 0.667. The van der Waals surface area contributed by atoms with Crippen LogP contribution in [0.1, 0.15) is 50.1 Å². The van der Waals surface area contributed by atoms with Crippen LogP contribution in [0.25, 0.3) is 0 Å². The third-order valence-corrected chi connectivity index (χ3v) is 2.85. The van der Waals surface area contributed by atoms with Gasteiger partial charge in [-0.05, 0) is 56.8 Å². The van der Waals surface area contributed by atoms with E-state index in [1.165, 1.54) is 12.7 Å². The average molecular weight is 267 g/mol. The van der Waals surface area contributed by atoms with Gasteiger partial charge in [0.05, 0.1) is 12.9 Å². The Hall–Kier alpha value is -1.29. The van der Waals surface area contributed by atoms with Crippen LogP contribution in [0.5, 0.6) is 0 Å². The molecule has 0 aliphatic heterocycles. The van der Waals surface area contributed by atoms with E-state index in [0.717, 1.165) is 38.3 Å². The molecule has 1 N–H and O–H groups in total. The van der Waals surface area contributed by atoms with Crippen LogP contribution in [-0.2, 0) is 4.74 Å². The predicted octanol–water partition coefficient (Wildman–Crippen LogP) is 3.24. The Morgan fingerprint density at radius 3 is 2.84 bits per heavy atom. The van der Waals surface area contributed by atoms with Crippen LogP contribution in [0, 0.1) is 5.92 Å². The first-order chi connectivity index (χ1) is 9.20. The van der Waals surface area contributed by atoms with Gasteiger partial charge in [0.25, 0.3) is 0 Å². The van der Waals surface area contributed by atoms with Crippen molar-refractivity contribution >= 4 is 5.97 Å². The zero-order valence-electron chi connectivity index (χ0n) is 12.0. The monoisotopic (exact) mass is 267 g/mol. The molecule has 4 heteroatoms. The average Bonchev–Trinajstić information content (AvgIpc) is 2.90. The van der Waals surface area contributed by atoms with E-state index in [-0.39, 0.29) is 11.7 Å². The van der Waals surface area contributed by atoms with Crippen molar-refractivity contribution in [3.8, 4) is 0 Å². The maximum atomic E-state index is 11.4. The van der Waals surface area contributed by atoms with Crippen LogP contribution < -0.4 is 5.32 Å². The molecule has 19 heavy (non-hydrogen) atoms. The van der Waals surface area contributed by atoms with Crippen LogP contribution >= 0.6 is 0 Å². The van der Waals surface area contributed by atoms with Gasteiger partial charge in [0.2, 0.25) is 5.76 Å². The smallest absolute Gasteiger partial charge is 0.374 e. The summed E-state index contributed by atoms with van der Waals surface area (Å²) < 4.78 is 10.0. The lowest BCUT2D eigenvalue weighted by Crippen LogP contribution is -2.18. The number of carbonyl (C=O) groups is 1. The summed E-state index contributed by atoms with van der Waals surface area (Å²) in [6, 6.07) is 3.29. The van der Waals surface area contributed by atoms with Crippen molar-refractivity contribution in [2.24, 2.45) is 5.92 Å². The minimum Gasteiger partial charge on any atom is -0.460 e. The van der Waals surface area contributed by atoms with E-state index in [0.29, 0.717) is 6.61 Å². The van der Waals surface area contributed by atoms with Crippen molar-refractivity contribution in [1.82, 2.24) is 5.32 Å². The molecule has 0 fully saturated rings. The van der Waals surface area contributed by atoms with Crippen LogP contribution in [-0.4, -0.2) is 25.7 Å². The molecule has 4 nitrogen and oxygen atoms in total. The Morgan fingerprint density at radius 1 is 1.32 bits per heavy atom. The highest BCUT2D eigenvalue weighted by Crippen LogP contribution is 2.03. The third-order valence-electron chi connectivity index (χ3n) is 2.85. The van der Waals surface area contributed by atoms with Gasteiger partial charge in [-0.25, -0.2) is 4.79 Å². The van der Waals surface area contributed by atoms with E-state index < -0.39 is 0 Å². The lowest BCUT2D eigenvalue weighted by molar-refractivity contribution is 0.0461. The van der Waals surface area contributed by atoms with E-state index in [2.05, 4.69) is 19.2 Å². The number of ether oxygens (including phenoxy) is 1. The highest BCUT2D eigenvalue weighted by Gasteiger charge is 2.08. The van der Waals surface area contributed by atoms with E-state index >= 15 is 0 Å². The number of nitrogens with one attached hydrogen (secondary N) is 1. The van der Waals surface area contributed by atoms with E-state index in [1.807, 2.05) is 0 Å². The summed E-state index contributed by atoms with van der Waals surface area (Å²) in [6.45, 7) is 7.06. The molecule has 0 aliphatic rings. The SMILES string of the molecule is CC(C)CCNCCCCCOC(=O)c1ccco1. The summed E-state index contributed by atoms with van der Waals surface area (Å²) >= 11 is 0. The van der Waals surface area contributed by atoms with Crippen LogP contribution in [0.4, 0.5) is 0 Å². The Bertz CT molecular complexity index is 333. The first kappa shape index (κ1) is 15.8. The number of furan rings is 1. The van der Waals surface area contributed by atoms with Crippen LogP contribution in [0.3, 0.4) is 0 Å². The highest BCUT2D eigenvalue weighted by atomic mass is 16.5. The summed E-state index contributed by atoms with van der Waals surface area (Å²) in [6.07, 6.45) is 5.79. The van der Waals surface area contributed by atoms with Gasteiger partial charge in [0.15, 0.2) is 0 Å². The van der Waals surface area contributed by atoms with Crippen LogP contribution in [0.15, 0.2) is 22.8 Å². The Balaban J connectivity index is 1.87. The molecule has 0 aliphatic carbocycles. The minimum atomic E-state index is -0.375. The van der Waals surface area contributed by atoms with Gasteiger partial charge < -0.3 is 14.5 Å². The molecule has 1 aromatic rings. The molecule has 0 saturated carbocycles. The lowest BCUT2D eigenvalue weighted by Gasteiger charge is -2.07. The molecule has 0 bridgehead atoms. The first-order valence-electron chi connectivity index (χ1n) is 7.11. The topological polar surface area (TPSA) is 51.5 Å². The molecular formula is C15H25NO3. The minimum absolute atomic E-state index is 0.273. The van der Waals surface area contributed by atoms with E-state index in [4.69, 9.17) is 9.15 Å². The molecule has 1 aromatic heterocycles.